The lowest BCUT2D eigenvalue weighted by molar-refractivity contribution is 0.408. The second-order valence-electron chi connectivity index (χ2n) is 3.82. The van der Waals surface area contributed by atoms with Crippen molar-refractivity contribution in [2.45, 2.75) is 6.54 Å². The molecule has 0 heterocycles. The molecule has 0 spiro atoms. The fraction of sp³-hybridized carbons (Fsp3) is 0.500. The maximum atomic E-state index is 5.46. The van der Waals surface area contributed by atoms with Crippen molar-refractivity contribution in [1.82, 2.24) is 5.32 Å². The number of rotatable bonds is 6. The molecule has 0 fully saturated rings. The second-order valence-corrected chi connectivity index (χ2v) is 3.82. The van der Waals surface area contributed by atoms with Crippen LogP contribution in [0, 0.1) is 0 Å². The summed E-state index contributed by atoms with van der Waals surface area (Å²) in [4.78, 5) is 2.09. The van der Waals surface area contributed by atoms with E-state index in [1.54, 1.807) is 7.11 Å². The molecule has 0 aliphatic carbocycles. The van der Waals surface area contributed by atoms with Crippen LogP contribution in [0.4, 0.5) is 5.69 Å². The first-order valence-corrected chi connectivity index (χ1v) is 5.44. The zero-order chi connectivity index (χ0) is 12.0. The molecule has 0 atom stereocenters. The molecule has 1 aromatic rings. The van der Waals surface area contributed by atoms with Gasteiger partial charge in [-0.15, -0.1) is 0 Å². The van der Waals surface area contributed by atoms with E-state index >= 15 is 0 Å². The first-order valence-electron chi connectivity index (χ1n) is 5.44. The Morgan fingerprint density at radius 3 is 2.69 bits per heavy atom. The minimum Gasteiger partial charge on any atom is -0.496 e. The molecular weight excluding hydrogens is 202 g/mol. The lowest BCUT2D eigenvalue weighted by Crippen LogP contribution is -2.23. The third-order valence-electron chi connectivity index (χ3n) is 2.43. The van der Waals surface area contributed by atoms with Crippen LogP contribution in [0.25, 0.3) is 0 Å². The molecule has 0 saturated heterocycles. The van der Waals surface area contributed by atoms with Crippen molar-refractivity contribution in [1.29, 1.82) is 0 Å². The number of methoxy groups -OCH3 is 1. The van der Waals surface area contributed by atoms with E-state index in [1.807, 2.05) is 26.2 Å². The Morgan fingerprint density at radius 2 is 2.12 bits per heavy atom. The van der Waals surface area contributed by atoms with Gasteiger partial charge in [0.05, 0.1) is 7.11 Å². The largest absolute Gasteiger partial charge is 0.496 e. The van der Waals surface area contributed by atoms with Crippen LogP contribution in [0.5, 0.6) is 5.75 Å². The fourth-order valence-electron chi connectivity index (χ4n) is 1.66. The summed E-state index contributed by atoms with van der Waals surface area (Å²) < 4.78 is 5.37. The van der Waals surface area contributed by atoms with E-state index in [2.05, 4.69) is 16.3 Å². The number of nitrogens with one attached hydrogen (secondary N) is 1. The SMILES string of the molecule is COc1cccc(N(C)C)c1CNCCN. The molecule has 1 rings (SSSR count). The van der Waals surface area contributed by atoms with Crippen molar-refractivity contribution in [3.8, 4) is 5.75 Å². The number of hydrogen-bond acceptors (Lipinski definition) is 4. The van der Waals surface area contributed by atoms with Crippen LogP contribution in [0.2, 0.25) is 0 Å². The van der Waals surface area contributed by atoms with E-state index in [0.29, 0.717) is 6.54 Å². The highest BCUT2D eigenvalue weighted by Crippen LogP contribution is 2.27. The van der Waals surface area contributed by atoms with Gasteiger partial charge in [0, 0.05) is 45.0 Å². The van der Waals surface area contributed by atoms with Gasteiger partial charge in [-0.1, -0.05) is 6.07 Å². The summed E-state index contributed by atoms with van der Waals surface area (Å²) in [5.74, 6) is 0.913. The van der Waals surface area contributed by atoms with Gasteiger partial charge in [-0.2, -0.15) is 0 Å². The van der Waals surface area contributed by atoms with Gasteiger partial charge in [0.2, 0.25) is 0 Å². The molecular formula is C12H21N3O. The van der Waals surface area contributed by atoms with Crippen molar-refractivity contribution >= 4 is 5.69 Å². The van der Waals surface area contributed by atoms with Crippen molar-refractivity contribution in [2.75, 3.05) is 39.2 Å². The summed E-state index contributed by atoms with van der Waals surface area (Å²) >= 11 is 0. The molecule has 0 aliphatic heterocycles. The van der Waals surface area contributed by atoms with Crippen molar-refractivity contribution in [3.63, 3.8) is 0 Å². The Balaban J connectivity index is 2.91. The minimum atomic E-state index is 0.645. The number of benzene rings is 1. The van der Waals surface area contributed by atoms with Gasteiger partial charge in [-0.25, -0.2) is 0 Å². The third-order valence-corrected chi connectivity index (χ3v) is 2.43. The van der Waals surface area contributed by atoms with E-state index in [1.165, 1.54) is 11.3 Å². The van der Waals surface area contributed by atoms with Crippen LogP contribution in [0.15, 0.2) is 18.2 Å². The molecule has 90 valence electrons. The van der Waals surface area contributed by atoms with Gasteiger partial charge >= 0.3 is 0 Å². The topological polar surface area (TPSA) is 50.5 Å². The Kier molecular flexibility index (Phi) is 5.08. The Labute approximate surface area is 97.4 Å². The first kappa shape index (κ1) is 12.8. The predicted molar refractivity (Wildman–Crippen MR) is 68.1 cm³/mol. The predicted octanol–water partition coefficient (Wildman–Crippen LogP) is 0.810. The lowest BCUT2D eigenvalue weighted by atomic mass is 10.1. The molecule has 4 heteroatoms. The Bertz CT molecular complexity index is 326. The summed E-state index contributed by atoms with van der Waals surface area (Å²) in [7, 11) is 5.75. The minimum absolute atomic E-state index is 0.645. The highest BCUT2D eigenvalue weighted by atomic mass is 16.5. The van der Waals surface area contributed by atoms with Crippen LogP contribution < -0.4 is 20.7 Å². The van der Waals surface area contributed by atoms with Gasteiger partial charge in [-0.3, -0.25) is 0 Å². The molecule has 0 unspecified atom stereocenters. The number of hydrogen-bond donors (Lipinski definition) is 2. The zero-order valence-corrected chi connectivity index (χ0v) is 10.3. The van der Waals surface area contributed by atoms with Crippen molar-refractivity contribution < 1.29 is 4.74 Å². The van der Waals surface area contributed by atoms with Crippen LogP contribution in [0.1, 0.15) is 5.56 Å². The highest BCUT2D eigenvalue weighted by molar-refractivity contribution is 5.58. The van der Waals surface area contributed by atoms with E-state index in [9.17, 15) is 0 Å². The van der Waals surface area contributed by atoms with Gasteiger partial charge in [-0.05, 0) is 12.1 Å². The van der Waals surface area contributed by atoms with Gasteiger partial charge < -0.3 is 20.7 Å². The molecule has 0 aromatic heterocycles. The lowest BCUT2D eigenvalue weighted by Gasteiger charge is -2.20. The normalized spacial score (nSPS) is 10.2. The number of anilines is 1. The number of nitrogens with zero attached hydrogens (tertiary/aromatic N) is 1. The molecule has 0 radical (unpaired) electrons. The summed E-state index contributed by atoms with van der Waals surface area (Å²) in [6.07, 6.45) is 0. The molecule has 16 heavy (non-hydrogen) atoms. The Morgan fingerprint density at radius 1 is 1.38 bits per heavy atom. The number of ether oxygens (including phenoxy) is 1. The van der Waals surface area contributed by atoms with Crippen LogP contribution >= 0.6 is 0 Å². The standard InChI is InChI=1S/C12H21N3O/c1-15(2)11-5-4-6-12(16-3)10(11)9-14-8-7-13/h4-6,14H,7-9,13H2,1-3H3. The average Bonchev–Trinajstić information content (AvgIpc) is 2.29. The van der Waals surface area contributed by atoms with Crippen LogP contribution in [0.3, 0.4) is 0 Å². The average molecular weight is 223 g/mol. The summed E-state index contributed by atoms with van der Waals surface area (Å²) in [5.41, 5.74) is 7.80. The van der Waals surface area contributed by atoms with E-state index in [0.717, 1.165) is 18.8 Å². The molecule has 0 aliphatic rings. The summed E-state index contributed by atoms with van der Waals surface area (Å²) in [5, 5.41) is 3.29. The van der Waals surface area contributed by atoms with Crippen LogP contribution in [-0.4, -0.2) is 34.3 Å². The molecule has 4 nitrogen and oxygen atoms in total. The maximum Gasteiger partial charge on any atom is 0.125 e. The van der Waals surface area contributed by atoms with Gasteiger partial charge in [0.25, 0.3) is 0 Å². The van der Waals surface area contributed by atoms with E-state index < -0.39 is 0 Å². The second kappa shape index (κ2) is 6.35. The van der Waals surface area contributed by atoms with Gasteiger partial charge in [0.15, 0.2) is 0 Å². The Hall–Kier alpha value is -1.26. The summed E-state index contributed by atoms with van der Waals surface area (Å²) in [6.45, 7) is 2.23. The molecule has 0 saturated carbocycles. The smallest absolute Gasteiger partial charge is 0.125 e. The number of nitrogens with two attached hydrogens (primary N) is 1. The first-order chi connectivity index (χ1) is 7.70. The van der Waals surface area contributed by atoms with Crippen LogP contribution in [-0.2, 0) is 6.54 Å². The summed E-state index contributed by atoms with van der Waals surface area (Å²) in [6, 6.07) is 6.06. The van der Waals surface area contributed by atoms with E-state index in [4.69, 9.17) is 10.5 Å². The molecule has 0 bridgehead atoms. The fourth-order valence-corrected chi connectivity index (χ4v) is 1.66. The monoisotopic (exact) mass is 223 g/mol. The highest BCUT2D eigenvalue weighted by Gasteiger charge is 2.09. The maximum absolute atomic E-state index is 5.46. The van der Waals surface area contributed by atoms with Crippen molar-refractivity contribution in [3.05, 3.63) is 23.8 Å². The van der Waals surface area contributed by atoms with E-state index in [-0.39, 0.29) is 0 Å². The molecule has 0 amide bonds. The molecule has 1 aromatic carbocycles. The van der Waals surface area contributed by atoms with Gasteiger partial charge in [0.1, 0.15) is 5.75 Å². The zero-order valence-electron chi connectivity index (χ0n) is 10.3. The third kappa shape index (κ3) is 3.12. The quantitative estimate of drug-likeness (QED) is 0.701. The molecule has 3 N–H and O–H groups in total. The van der Waals surface area contributed by atoms with Crippen molar-refractivity contribution in [2.24, 2.45) is 5.73 Å².